The molecule has 0 aromatic rings. The van der Waals surface area contributed by atoms with Gasteiger partial charge in [-0.1, -0.05) is 46.0 Å². The number of morpholine rings is 1. The van der Waals surface area contributed by atoms with Gasteiger partial charge in [0.15, 0.2) is 0 Å². The van der Waals surface area contributed by atoms with Gasteiger partial charge >= 0.3 is 6.09 Å². The Hall–Kier alpha value is -2.22. The molecule has 3 fully saturated rings. The summed E-state index contributed by atoms with van der Waals surface area (Å²) in [5.41, 5.74) is -0.892. The number of rotatable bonds is 8. The van der Waals surface area contributed by atoms with Crippen molar-refractivity contribution < 1.29 is 19.1 Å². The molecule has 2 atom stereocenters. The number of amidine groups is 1. The molecule has 3 rings (SSSR count). The first kappa shape index (κ1) is 28.4. The molecule has 2 aliphatic heterocycles. The van der Waals surface area contributed by atoms with Crippen LogP contribution in [0, 0.1) is 23.2 Å². The minimum Gasteiger partial charge on any atom is -0.449 e. The molecule has 2 saturated heterocycles. The van der Waals surface area contributed by atoms with Gasteiger partial charge in [-0.05, 0) is 38.1 Å². The molecule has 2 amide bonds. The number of nitrogens with one attached hydrogen (secondary N) is 3. The Bertz CT molecular complexity index is 791. The van der Waals surface area contributed by atoms with E-state index in [1.54, 1.807) is 0 Å². The van der Waals surface area contributed by atoms with Crippen molar-refractivity contribution >= 4 is 17.8 Å². The van der Waals surface area contributed by atoms with E-state index < -0.39 is 23.8 Å². The van der Waals surface area contributed by atoms with Gasteiger partial charge in [0.1, 0.15) is 23.5 Å². The number of amides is 2. The Kier molecular flexibility index (Phi) is 11.0. The quantitative estimate of drug-likeness (QED) is 0.341. The van der Waals surface area contributed by atoms with Crippen LogP contribution >= 0.6 is 0 Å². The number of carbonyl (C=O) groups is 2. The molecule has 0 aromatic carbocycles. The van der Waals surface area contributed by atoms with Crippen LogP contribution in [0.2, 0.25) is 0 Å². The zero-order valence-corrected chi connectivity index (χ0v) is 22.2. The fourth-order valence-electron chi connectivity index (χ4n) is 5.03. The standard InChI is InChI=1S/C26H44N6O4/c1-19(2)17-36-25(34)30-23(22-16-28-11-14-35-22)29-21(15-20-7-5-4-6-8-20)24(33)31-26(18-27)9-12-32(3)13-10-26/h19-22,28H,4-17H2,1-3H3,(H,31,33)(H,29,30,34). The number of hydrogen-bond acceptors (Lipinski definition) is 8. The van der Waals surface area contributed by atoms with Gasteiger partial charge in [-0.3, -0.25) is 15.1 Å². The largest absolute Gasteiger partial charge is 0.449 e. The molecule has 10 nitrogen and oxygen atoms in total. The Balaban J connectivity index is 1.83. The Labute approximate surface area is 215 Å². The van der Waals surface area contributed by atoms with Gasteiger partial charge in [0.2, 0.25) is 5.91 Å². The molecule has 2 heterocycles. The van der Waals surface area contributed by atoms with E-state index >= 15 is 0 Å². The summed E-state index contributed by atoms with van der Waals surface area (Å²) in [6, 6.07) is 1.65. The predicted octanol–water partition coefficient (Wildman–Crippen LogP) is 2.20. The van der Waals surface area contributed by atoms with Crippen molar-refractivity contribution in [3.8, 4) is 6.07 Å². The van der Waals surface area contributed by atoms with Gasteiger partial charge in [-0.15, -0.1) is 0 Å². The lowest BCUT2D eigenvalue weighted by Crippen LogP contribution is -2.56. The molecule has 0 aromatic heterocycles. The smallest absolute Gasteiger partial charge is 0.412 e. The lowest BCUT2D eigenvalue weighted by Gasteiger charge is -2.37. The van der Waals surface area contributed by atoms with E-state index in [0.29, 0.717) is 50.7 Å². The number of piperidine rings is 1. The van der Waals surface area contributed by atoms with E-state index in [-0.39, 0.29) is 18.4 Å². The number of hydrogen-bond donors (Lipinski definition) is 3. The molecule has 0 bridgehead atoms. The fourth-order valence-corrected chi connectivity index (χ4v) is 5.03. The highest BCUT2D eigenvalue weighted by Gasteiger charge is 2.38. The maximum Gasteiger partial charge on any atom is 0.412 e. The van der Waals surface area contributed by atoms with Crippen LogP contribution < -0.4 is 16.0 Å². The first-order chi connectivity index (χ1) is 17.3. The average molecular weight is 505 g/mol. The van der Waals surface area contributed by atoms with E-state index in [2.05, 4.69) is 26.9 Å². The number of aliphatic imine (C=N–C) groups is 1. The summed E-state index contributed by atoms with van der Waals surface area (Å²) in [5.74, 6) is 0.630. The highest BCUT2D eigenvalue weighted by atomic mass is 16.5. The van der Waals surface area contributed by atoms with Crippen molar-refractivity contribution in [2.75, 3.05) is 46.4 Å². The second-order valence-corrected chi connectivity index (χ2v) is 10.9. The molecule has 36 heavy (non-hydrogen) atoms. The second kappa shape index (κ2) is 13.9. The van der Waals surface area contributed by atoms with E-state index in [1.165, 1.54) is 6.42 Å². The highest BCUT2D eigenvalue weighted by Crippen LogP contribution is 2.29. The van der Waals surface area contributed by atoms with Gasteiger partial charge in [0.25, 0.3) is 0 Å². The summed E-state index contributed by atoms with van der Waals surface area (Å²) in [4.78, 5) is 33.2. The van der Waals surface area contributed by atoms with Crippen LogP contribution in [-0.4, -0.2) is 86.9 Å². The van der Waals surface area contributed by atoms with Crippen molar-refractivity contribution in [1.82, 2.24) is 20.9 Å². The number of nitrogens with zero attached hydrogens (tertiary/aromatic N) is 3. The summed E-state index contributed by atoms with van der Waals surface area (Å²) < 4.78 is 11.2. The number of ether oxygens (including phenoxy) is 2. The Morgan fingerprint density at radius 3 is 2.58 bits per heavy atom. The van der Waals surface area contributed by atoms with Crippen LogP contribution in [0.15, 0.2) is 4.99 Å². The Morgan fingerprint density at radius 2 is 1.97 bits per heavy atom. The van der Waals surface area contributed by atoms with Gasteiger partial charge in [-0.25, -0.2) is 4.79 Å². The average Bonchev–Trinajstić information content (AvgIpc) is 2.89. The van der Waals surface area contributed by atoms with Gasteiger partial charge in [0, 0.05) is 26.2 Å². The first-order valence-electron chi connectivity index (χ1n) is 13.6. The molecule has 3 N–H and O–H groups in total. The third kappa shape index (κ3) is 8.71. The molecule has 1 saturated carbocycles. The van der Waals surface area contributed by atoms with E-state index in [9.17, 15) is 14.9 Å². The summed E-state index contributed by atoms with van der Waals surface area (Å²) in [6.07, 6.45) is 6.30. The van der Waals surface area contributed by atoms with Crippen molar-refractivity contribution in [2.45, 2.75) is 82.9 Å². The Morgan fingerprint density at radius 1 is 1.25 bits per heavy atom. The zero-order valence-electron chi connectivity index (χ0n) is 22.2. The maximum absolute atomic E-state index is 13.7. The van der Waals surface area contributed by atoms with Crippen LogP contribution in [0.3, 0.4) is 0 Å². The molecule has 1 aliphatic carbocycles. The third-order valence-electron chi connectivity index (χ3n) is 7.31. The summed E-state index contributed by atoms with van der Waals surface area (Å²) in [6.45, 7) is 7.40. The van der Waals surface area contributed by atoms with Crippen LogP contribution in [-0.2, 0) is 14.3 Å². The van der Waals surface area contributed by atoms with Crippen molar-refractivity contribution in [2.24, 2.45) is 16.8 Å². The minimum atomic E-state index is -0.892. The van der Waals surface area contributed by atoms with Crippen LogP contribution in [0.5, 0.6) is 0 Å². The number of nitriles is 1. The third-order valence-corrected chi connectivity index (χ3v) is 7.31. The minimum absolute atomic E-state index is 0.199. The van der Waals surface area contributed by atoms with Crippen LogP contribution in [0.4, 0.5) is 4.79 Å². The molecular weight excluding hydrogens is 460 g/mol. The number of alkyl carbamates (subject to hydrolysis) is 1. The van der Waals surface area contributed by atoms with Crippen molar-refractivity contribution in [3.63, 3.8) is 0 Å². The van der Waals surface area contributed by atoms with Gasteiger partial charge in [-0.2, -0.15) is 5.26 Å². The molecule has 0 radical (unpaired) electrons. The molecular formula is C26H44N6O4. The van der Waals surface area contributed by atoms with E-state index in [1.807, 2.05) is 20.9 Å². The number of likely N-dealkylation sites (tertiary alicyclic amines) is 1. The molecule has 2 unspecified atom stereocenters. The second-order valence-electron chi connectivity index (χ2n) is 10.9. The van der Waals surface area contributed by atoms with Crippen LogP contribution in [0.25, 0.3) is 0 Å². The van der Waals surface area contributed by atoms with E-state index in [0.717, 1.165) is 38.8 Å². The monoisotopic (exact) mass is 504 g/mol. The van der Waals surface area contributed by atoms with Gasteiger partial charge < -0.3 is 25.0 Å². The normalized spacial score (nSPS) is 24.5. The van der Waals surface area contributed by atoms with E-state index in [4.69, 9.17) is 14.5 Å². The zero-order chi connectivity index (χ0) is 26.0. The molecule has 202 valence electrons. The lowest BCUT2D eigenvalue weighted by molar-refractivity contribution is -0.124. The number of carbonyl (C=O) groups excluding carboxylic acids is 2. The lowest BCUT2D eigenvalue weighted by atomic mass is 9.84. The SMILES string of the molecule is CC(C)COC(=O)NC(=NC(CC1CCCCC1)C(=O)NC1(C#N)CCN(C)CC1)C1CNCCO1. The summed E-state index contributed by atoms with van der Waals surface area (Å²) >= 11 is 0. The topological polar surface area (TPSA) is 128 Å². The van der Waals surface area contributed by atoms with Gasteiger partial charge in [0.05, 0.1) is 19.3 Å². The van der Waals surface area contributed by atoms with Crippen molar-refractivity contribution in [1.29, 1.82) is 5.26 Å². The molecule has 3 aliphatic rings. The molecule has 0 spiro atoms. The molecule has 10 heteroatoms. The summed E-state index contributed by atoms with van der Waals surface area (Å²) in [5, 5.41) is 19.1. The summed E-state index contributed by atoms with van der Waals surface area (Å²) in [7, 11) is 2.02. The predicted molar refractivity (Wildman–Crippen MR) is 138 cm³/mol. The maximum atomic E-state index is 13.7. The fraction of sp³-hybridized carbons (Fsp3) is 0.846. The first-order valence-corrected chi connectivity index (χ1v) is 13.6. The van der Waals surface area contributed by atoms with Crippen LogP contribution in [0.1, 0.15) is 65.2 Å². The highest BCUT2D eigenvalue weighted by molar-refractivity contribution is 5.99. The van der Waals surface area contributed by atoms with Crippen molar-refractivity contribution in [3.05, 3.63) is 0 Å².